The first-order valence-electron chi connectivity index (χ1n) is 3.64. The van der Waals surface area contributed by atoms with Gasteiger partial charge in [0, 0.05) is 12.3 Å². The summed E-state index contributed by atoms with van der Waals surface area (Å²) < 4.78 is 4.77. The van der Waals surface area contributed by atoms with Gasteiger partial charge >= 0.3 is 5.97 Å². The molecule has 1 aliphatic rings. The molecule has 0 aromatic rings. The van der Waals surface area contributed by atoms with Gasteiger partial charge in [0.2, 0.25) is 0 Å². The highest BCUT2D eigenvalue weighted by molar-refractivity contribution is 8.14. The van der Waals surface area contributed by atoms with Gasteiger partial charge in [0.1, 0.15) is 0 Å². The smallest absolute Gasteiger partial charge is 0.312 e. The number of ether oxygens (including phenoxy) is 1. The summed E-state index contributed by atoms with van der Waals surface area (Å²) in [5.74, 6) is 0.843. The molecule has 0 radical (unpaired) electrons. The van der Waals surface area contributed by atoms with Crippen LogP contribution in [0.25, 0.3) is 0 Å². The second kappa shape index (κ2) is 4.38. The van der Waals surface area contributed by atoms with E-state index < -0.39 is 0 Å². The molecule has 0 unspecified atom stereocenters. The minimum absolute atomic E-state index is 0.166. The lowest BCUT2D eigenvalue weighted by Crippen LogP contribution is -2.07. The average molecular weight is 173 g/mol. The second-order valence-corrected chi connectivity index (χ2v) is 3.27. The van der Waals surface area contributed by atoms with Crippen LogP contribution >= 0.6 is 11.8 Å². The summed E-state index contributed by atoms with van der Waals surface area (Å²) >= 11 is 1.65. The zero-order valence-corrected chi connectivity index (χ0v) is 7.32. The molecule has 0 aromatic heterocycles. The van der Waals surface area contributed by atoms with Crippen molar-refractivity contribution in [2.45, 2.75) is 13.3 Å². The zero-order valence-electron chi connectivity index (χ0n) is 6.50. The molecule has 0 atom stereocenters. The lowest BCUT2D eigenvalue weighted by atomic mass is 10.5. The van der Waals surface area contributed by atoms with Crippen molar-refractivity contribution in [1.29, 1.82) is 0 Å². The Morgan fingerprint density at radius 2 is 2.64 bits per heavy atom. The molecule has 0 saturated carbocycles. The van der Waals surface area contributed by atoms with Crippen LogP contribution in [0.2, 0.25) is 0 Å². The summed E-state index contributed by atoms with van der Waals surface area (Å²) in [5, 5.41) is 0.920. The van der Waals surface area contributed by atoms with Gasteiger partial charge in [-0.1, -0.05) is 0 Å². The van der Waals surface area contributed by atoms with E-state index in [0.29, 0.717) is 13.0 Å². The number of thioether (sulfide) groups is 1. The Labute approximate surface area is 70.2 Å². The van der Waals surface area contributed by atoms with Crippen molar-refractivity contribution in [3.63, 3.8) is 0 Å². The van der Waals surface area contributed by atoms with Crippen molar-refractivity contribution in [3.05, 3.63) is 0 Å². The van der Waals surface area contributed by atoms with Crippen LogP contribution in [-0.2, 0) is 9.53 Å². The van der Waals surface area contributed by atoms with Crippen LogP contribution in [0.3, 0.4) is 0 Å². The van der Waals surface area contributed by atoms with Crippen molar-refractivity contribution in [3.8, 4) is 0 Å². The van der Waals surface area contributed by atoms with E-state index >= 15 is 0 Å². The van der Waals surface area contributed by atoms with Crippen molar-refractivity contribution in [2.24, 2.45) is 4.99 Å². The first-order valence-corrected chi connectivity index (χ1v) is 4.63. The van der Waals surface area contributed by atoms with Gasteiger partial charge in [-0.15, -0.1) is 11.8 Å². The number of rotatable bonds is 3. The lowest BCUT2D eigenvalue weighted by molar-refractivity contribution is -0.141. The Morgan fingerprint density at radius 1 is 1.82 bits per heavy atom. The first-order chi connectivity index (χ1) is 5.33. The monoisotopic (exact) mass is 173 g/mol. The normalized spacial score (nSPS) is 16.3. The maximum absolute atomic E-state index is 10.9. The SMILES string of the molecule is CCOC(=O)CC1=NCCS1. The minimum atomic E-state index is -0.166. The summed E-state index contributed by atoms with van der Waals surface area (Å²) in [7, 11) is 0. The lowest BCUT2D eigenvalue weighted by Gasteiger charge is -1.99. The molecule has 1 aliphatic heterocycles. The highest BCUT2D eigenvalue weighted by Gasteiger charge is 2.11. The predicted molar refractivity (Wildman–Crippen MR) is 46.0 cm³/mol. The van der Waals surface area contributed by atoms with Crippen molar-refractivity contribution < 1.29 is 9.53 Å². The molecule has 0 N–H and O–H groups in total. The molecule has 62 valence electrons. The molecule has 0 aromatic carbocycles. The largest absolute Gasteiger partial charge is 0.466 e. The van der Waals surface area contributed by atoms with Crippen LogP contribution in [0.1, 0.15) is 13.3 Å². The van der Waals surface area contributed by atoms with Crippen LogP contribution in [0.15, 0.2) is 4.99 Å². The van der Waals surface area contributed by atoms with Gasteiger partial charge < -0.3 is 4.74 Å². The number of nitrogens with zero attached hydrogens (tertiary/aromatic N) is 1. The van der Waals surface area contributed by atoms with E-state index in [1.54, 1.807) is 11.8 Å². The quantitative estimate of drug-likeness (QED) is 0.599. The maximum Gasteiger partial charge on any atom is 0.312 e. The van der Waals surface area contributed by atoms with Crippen LogP contribution in [-0.4, -0.2) is 29.9 Å². The van der Waals surface area contributed by atoms with Gasteiger partial charge in [-0.2, -0.15) is 0 Å². The van der Waals surface area contributed by atoms with Gasteiger partial charge in [0.15, 0.2) is 0 Å². The van der Waals surface area contributed by atoms with E-state index in [1.807, 2.05) is 6.92 Å². The molecule has 0 saturated heterocycles. The topological polar surface area (TPSA) is 38.7 Å². The fraction of sp³-hybridized carbons (Fsp3) is 0.714. The van der Waals surface area contributed by atoms with Gasteiger partial charge in [0.25, 0.3) is 0 Å². The first kappa shape index (κ1) is 8.59. The van der Waals surface area contributed by atoms with Gasteiger partial charge in [-0.05, 0) is 6.92 Å². The van der Waals surface area contributed by atoms with Gasteiger partial charge in [0.05, 0.1) is 18.1 Å². The molecule has 11 heavy (non-hydrogen) atoms. The van der Waals surface area contributed by atoms with E-state index in [4.69, 9.17) is 4.74 Å². The fourth-order valence-electron chi connectivity index (χ4n) is 0.822. The Morgan fingerprint density at radius 3 is 3.18 bits per heavy atom. The third-order valence-corrected chi connectivity index (χ3v) is 2.24. The number of carbonyl (C=O) groups excluding carboxylic acids is 1. The Kier molecular flexibility index (Phi) is 3.42. The van der Waals surface area contributed by atoms with E-state index in [9.17, 15) is 4.79 Å². The molecule has 0 aliphatic carbocycles. The van der Waals surface area contributed by atoms with E-state index in [0.717, 1.165) is 17.3 Å². The molecule has 0 amide bonds. The molecule has 4 heteroatoms. The molecular formula is C7H11NO2S. The van der Waals surface area contributed by atoms with Crippen LogP contribution in [0.4, 0.5) is 0 Å². The van der Waals surface area contributed by atoms with Crippen molar-refractivity contribution in [1.82, 2.24) is 0 Å². The molecule has 0 fully saturated rings. The van der Waals surface area contributed by atoms with E-state index in [2.05, 4.69) is 4.99 Å². The summed E-state index contributed by atoms with van der Waals surface area (Å²) in [6, 6.07) is 0. The van der Waals surface area contributed by atoms with Crippen LogP contribution < -0.4 is 0 Å². The molecule has 3 nitrogen and oxygen atoms in total. The van der Waals surface area contributed by atoms with Gasteiger partial charge in [-0.3, -0.25) is 9.79 Å². The average Bonchev–Trinajstić information content (AvgIpc) is 2.40. The standard InChI is InChI=1S/C7H11NO2S/c1-2-10-7(9)5-6-8-3-4-11-6/h2-5H2,1H3. The fourth-order valence-corrected chi connectivity index (χ4v) is 1.64. The molecule has 0 bridgehead atoms. The Bertz CT molecular complexity index is 179. The van der Waals surface area contributed by atoms with Crippen LogP contribution in [0, 0.1) is 0 Å². The Balaban J connectivity index is 2.24. The van der Waals surface area contributed by atoms with E-state index in [1.165, 1.54) is 0 Å². The third kappa shape index (κ3) is 2.93. The number of carbonyl (C=O) groups is 1. The van der Waals surface area contributed by atoms with Crippen molar-refractivity contribution >= 4 is 22.8 Å². The van der Waals surface area contributed by atoms with E-state index in [-0.39, 0.29) is 5.97 Å². The molecule has 0 spiro atoms. The molecule has 1 heterocycles. The summed E-state index contributed by atoms with van der Waals surface area (Å²) in [6.45, 7) is 3.11. The maximum atomic E-state index is 10.9. The Hall–Kier alpha value is -0.510. The number of hydrogen-bond donors (Lipinski definition) is 0. The summed E-state index contributed by atoms with van der Waals surface area (Å²) in [5.41, 5.74) is 0. The minimum Gasteiger partial charge on any atom is -0.466 e. The summed E-state index contributed by atoms with van der Waals surface area (Å²) in [4.78, 5) is 15.0. The van der Waals surface area contributed by atoms with Crippen molar-refractivity contribution in [2.75, 3.05) is 18.9 Å². The summed E-state index contributed by atoms with van der Waals surface area (Å²) in [6.07, 6.45) is 0.360. The highest BCUT2D eigenvalue weighted by atomic mass is 32.2. The van der Waals surface area contributed by atoms with Gasteiger partial charge in [-0.25, -0.2) is 0 Å². The predicted octanol–water partition coefficient (Wildman–Crippen LogP) is 1.08. The number of hydrogen-bond acceptors (Lipinski definition) is 4. The third-order valence-electron chi connectivity index (χ3n) is 1.25. The highest BCUT2D eigenvalue weighted by Crippen LogP contribution is 2.14. The molecular weight excluding hydrogens is 162 g/mol. The zero-order chi connectivity index (χ0) is 8.10. The number of aliphatic imine (C=N–C) groups is 1. The molecule has 1 rings (SSSR count). The van der Waals surface area contributed by atoms with Crippen LogP contribution in [0.5, 0.6) is 0 Å². The number of esters is 1. The second-order valence-electron chi connectivity index (χ2n) is 2.11.